The summed E-state index contributed by atoms with van der Waals surface area (Å²) in [6.45, 7) is 2.77. The van der Waals surface area contributed by atoms with Gasteiger partial charge in [0.2, 0.25) is 0 Å². The number of rotatable bonds is 5. The number of aryl methyl sites for hydroxylation is 1. The molecule has 0 unspecified atom stereocenters. The maximum atomic E-state index is 12.6. The molecule has 27 heavy (non-hydrogen) atoms. The van der Waals surface area contributed by atoms with E-state index in [9.17, 15) is 21.6 Å². The first-order chi connectivity index (χ1) is 12.1. The van der Waals surface area contributed by atoms with Crippen molar-refractivity contribution < 1.29 is 21.6 Å². The first-order valence-electron chi connectivity index (χ1n) is 8.05. The van der Waals surface area contributed by atoms with Gasteiger partial charge in [-0.2, -0.15) is 17.5 Å². The van der Waals surface area contributed by atoms with E-state index in [1.165, 1.54) is 0 Å². The lowest BCUT2D eigenvalue weighted by atomic mass is 9.98. The fourth-order valence-corrected chi connectivity index (χ4v) is 4.32. The molecule has 1 aliphatic heterocycles. The summed E-state index contributed by atoms with van der Waals surface area (Å²) in [7, 11) is -3.59. The van der Waals surface area contributed by atoms with Gasteiger partial charge in [-0.15, -0.1) is 35.3 Å². The summed E-state index contributed by atoms with van der Waals surface area (Å²) in [5.41, 5.74) is -2.51. The lowest BCUT2D eigenvalue weighted by molar-refractivity contribution is -0.0496. The Balaban J connectivity index is 0.00000364. The molecule has 0 aliphatic carbocycles. The maximum Gasteiger partial charge on any atom is 0.511 e. The molecule has 0 amide bonds. The quantitative estimate of drug-likeness (QED) is 0.340. The Morgan fingerprint density at radius 3 is 2.48 bits per heavy atom. The van der Waals surface area contributed by atoms with Gasteiger partial charge < -0.3 is 10.6 Å². The molecule has 0 radical (unpaired) electrons. The molecule has 0 atom stereocenters. The molecule has 2 N–H and O–H groups in total. The fourth-order valence-electron chi connectivity index (χ4n) is 2.62. The molecule has 1 saturated heterocycles. The number of nitrogens with one attached hydrogen (secondary N) is 2. The number of alkyl halides is 3. The molecule has 0 bridgehead atoms. The van der Waals surface area contributed by atoms with E-state index in [1.54, 1.807) is 23.9 Å². The van der Waals surface area contributed by atoms with Crippen molar-refractivity contribution in [1.29, 1.82) is 0 Å². The molecule has 1 aromatic rings. The van der Waals surface area contributed by atoms with Gasteiger partial charge in [-0.25, -0.2) is 13.4 Å². The zero-order valence-electron chi connectivity index (χ0n) is 14.9. The van der Waals surface area contributed by atoms with Crippen LogP contribution < -0.4 is 10.6 Å². The van der Waals surface area contributed by atoms with Crippen molar-refractivity contribution in [3.63, 3.8) is 0 Å². The van der Waals surface area contributed by atoms with Gasteiger partial charge in [-0.1, -0.05) is 0 Å². The molecule has 1 aliphatic rings. The normalized spacial score (nSPS) is 17.4. The van der Waals surface area contributed by atoms with Crippen LogP contribution in [0.5, 0.6) is 0 Å². The van der Waals surface area contributed by atoms with Crippen LogP contribution in [-0.2, 0) is 16.6 Å². The highest BCUT2D eigenvalue weighted by Crippen LogP contribution is 2.30. The second-order valence-electron chi connectivity index (χ2n) is 5.96. The molecule has 2 heterocycles. The number of piperidine rings is 1. The predicted octanol–water partition coefficient (Wildman–Crippen LogP) is 2.30. The highest BCUT2D eigenvalue weighted by molar-refractivity contribution is 14.0. The second-order valence-corrected chi connectivity index (χ2v) is 8.83. The Morgan fingerprint density at radius 1 is 1.37 bits per heavy atom. The van der Waals surface area contributed by atoms with E-state index >= 15 is 0 Å². The van der Waals surface area contributed by atoms with Crippen LogP contribution in [-0.4, -0.2) is 55.9 Å². The van der Waals surface area contributed by atoms with Gasteiger partial charge in [-0.3, -0.25) is 4.99 Å². The van der Waals surface area contributed by atoms with Crippen molar-refractivity contribution in [2.45, 2.75) is 31.8 Å². The minimum absolute atomic E-state index is 0. The Kier molecular flexibility index (Phi) is 9.21. The van der Waals surface area contributed by atoms with Crippen LogP contribution in [0.2, 0.25) is 0 Å². The summed E-state index contributed by atoms with van der Waals surface area (Å²) < 4.78 is 61.0. The van der Waals surface area contributed by atoms with Crippen LogP contribution in [0, 0.1) is 12.8 Å². The number of aliphatic imine (C=N–C) groups is 1. The number of sulfonamides is 1. The lowest BCUT2D eigenvalue weighted by Gasteiger charge is -2.31. The molecule has 2 rings (SSSR count). The van der Waals surface area contributed by atoms with Gasteiger partial charge in [0, 0.05) is 31.6 Å². The summed E-state index contributed by atoms with van der Waals surface area (Å²) in [6, 6.07) is 0. The van der Waals surface area contributed by atoms with Gasteiger partial charge in [0.25, 0.3) is 0 Å². The van der Waals surface area contributed by atoms with Crippen LogP contribution in [0.25, 0.3) is 0 Å². The number of nitrogens with zero attached hydrogens (tertiary/aromatic N) is 3. The molecule has 13 heteroatoms. The molecular weight excluding hydrogens is 518 g/mol. The van der Waals surface area contributed by atoms with Crippen molar-refractivity contribution in [2.75, 3.05) is 26.7 Å². The Morgan fingerprint density at radius 2 is 2.00 bits per heavy atom. The van der Waals surface area contributed by atoms with Crippen molar-refractivity contribution >= 4 is 51.3 Å². The monoisotopic (exact) mass is 541 g/mol. The third-order valence-electron chi connectivity index (χ3n) is 4.25. The van der Waals surface area contributed by atoms with Gasteiger partial charge in [0.1, 0.15) is 0 Å². The van der Waals surface area contributed by atoms with Gasteiger partial charge in [0.15, 0.2) is 5.96 Å². The van der Waals surface area contributed by atoms with Gasteiger partial charge in [0.05, 0.1) is 17.7 Å². The third-order valence-corrected chi connectivity index (χ3v) is 6.81. The van der Waals surface area contributed by atoms with Crippen LogP contribution in [0.15, 0.2) is 10.5 Å². The average molecular weight is 541 g/mol. The van der Waals surface area contributed by atoms with E-state index < -0.39 is 15.5 Å². The van der Waals surface area contributed by atoms with E-state index in [0.717, 1.165) is 10.6 Å². The van der Waals surface area contributed by atoms with E-state index in [1.807, 2.05) is 6.92 Å². The van der Waals surface area contributed by atoms with Crippen molar-refractivity contribution in [3.8, 4) is 0 Å². The predicted molar refractivity (Wildman–Crippen MR) is 110 cm³/mol. The first-order valence-corrected chi connectivity index (χ1v) is 10.4. The molecule has 0 aromatic carbocycles. The number of guanidine groups is 1. The fraction of sp³-hybridized carbons (Fsp3) is 0.714. The van der Waals surface area contributed by atoms with Crippen LogP contribution in [0.4, 0.5) is 13.2 Å². The molecule has 0 spiro atoms. The van der Waals surface area contributed by atoms with Crippen LogP contribution >= 0.6 is 35.3 Å². The molecule has 156 valence electrons. The highest BCUT2D eigenvalue weighted by atomic mass is 127. The van der Waals surface area contributed by atoms with Crippen LogP contribution in [0.3, 0.4) is 0 Å². The van der Waals surface area contributed by atoms with Crippen molar-refractivity contribution in [3.05, 3.63) is 16.1 Å². The standard InChI is InChI=1S/C14H22F3N5O2S2.HI/c1-10-12(25-9-21-10)8-20-13(18-2)19-7-11-3-5-22(6-4-11)26(23,24)14(15,16)17;/h9,11H,3-8H2,1-2H3,(H2,18,19,20);1H. The Labute approximate surface area is 177 Å². The molecule has 1 fully saturated rings. The van der Waals surface area contributed by atoms with Gasteiger partial charge >= 0.3 is 15.5 Å². The summed E-state index contributed by atoms with van der Waals surface area (Å²) in [5, 5.41) is 6.30. The van der Waals surface area contributed by atoms with E-state index in [-0.39, 0.29) is 43.0 Å². The first kappa shape index (κ1) is 24.4. The second kappa shape index (κ2) is 10.2. The third kappa shape index (κ3) is 6.42. The largest absolute Gasteiger partial charge is 0.511 e. The van der Waals surface area contributed by atoms with Crippen molar-refractivity contribution in [2.24, 2.45) is 10.9 Å². The van der Waals surface area contributed by atoms with E-state index in [4.69, 9.17) is 0 Å². The van der Waals surface area contributed by atoms with Crippen LogP contribution in [0.1, 0.15) is 23.4 Å². The summed E-state index contributed by atoms with van der Waals surface area (Å²) >= 11 is 1.54. The van der Waals surface area contributed by atoms with E-state index in [0.29, 0.717) is 36.2 Å². The minimum atomic E-state index is -5.24. The topological polar surface area (TPSA) is 86.7 Å². The molecule has 0 saturated carbocycles. The number of hydrogen-bond donors (Lipinski definition) is 2. The SMILES string of the molecule is CN=C(NCc1scnc1C)NCC1CCN(S(=O)(=O)C(F)(F)F)CC1.I. The molecule has 7 nitrogen and oxygen atoms in total. The summed E-state index contributed by atoms with van der Waals surface area (Å²) in [6.07, 6.45) is 0.737. The maximum absolute atomic E-state index is 12.6. The van der Waals surface area contributed by atoms with Crippen molar-refractivity contribution in [1.82, 2.24) is 19.9 Å². The number of halogens is 4. The zero-order chi connectivity index (χ0) is 19.4. The average Bonchev–Trinajstić information content (AvgIpc) is 2.99. The van der Waals surface area contributed by atoms with Gasteiger partial charge in [-0.05, 0) is 25.7 Å². The lowest BCUT2D eigenvalue weighted by Crippen LogP contribution is -2.47. The number of hydrogen-bond acceptors (Lipinski definition) is 5. The number of aromatic nitrogens is 1. The Bertz CT molecular complexity index is 731. The summed E-state index contributed by atoms with van der Waals surface area (Å²) in [5.74, 6) is 0.668. The minimum Gasteiger partial charge on any atom is -0.356 e. The highest BCUT2D eigenvalue weighted by Gasteiger charge is 2.50. The Hall–Kier alpha value is -0.670. The summed E-state index contributed by atoms with van der Waals surface area (Å²) in [4.78, 5) is 9.38. The molecule has 1 aromatic heterocycles. The molecular formula is C14H23F3IN5O2S2. The number of thiazole rings is 1. The van der Waals surface area contributed by atoms with E-state index in [2.05, 4.69) is 20.6 Å². The zero-order valence-corrected chi connectivity index (χ0v) is 18.9. The smallest absolute Gasteiger partial charge is 0.356 e.